The lowest BCUT2D eigenvalue weighted by molar-refractivity contribution is -0.142. The summed E-state index contributed by atoms with van der Waals surface area (Å²) in [5.74, 6) is -0.616. The van der Waals surface area contributed by atoms with E-state index in [-0.39, 0.29) is 29.4 Å². The SMILES string of the molecule is CCN(CC)S(=O)(=O)c1cc(C(=O)N2CCCC[C@@H]2COC(C)=O)n(C)c1. The van der Waals surface area contributed by atoms with Gasteiger partial charge in [-0.1, -0.05) is 13.8 Å². The summed E-state index contributed by atoms with van der Waals surface area (Å²) in [5, 5.41) is 0. The molecule has 1 amide bonds. The Morgan fingerprint density at radius 3 is 2.52 bits per heavy atom. The first-order valence-electron chi connectivity index (χ1n) is 9.33. The third-order valence-corrected chi connectivity index (χ3v) is 6.92. The van der Waals surface area contributed by atoms with Crippen LogP contribution in [0.3, 0.4) is 0 Å². The van der Waals surface area contributed by atoms with Gasteiger partial charge >= 0.3 is 5.97 Å². The van der Waals surface area contributed by atoms with Crippen LogP contribution in [0.4, 0.5) is 0 Å². The number of amides is 1. The van der Waals surface area contributed by atoms with Crippen molar-refractivity contribution in [2.75, 3.05) is 26.2 Å². The molecular formula is C18H29N3O5S. The molecule has 2 rings (SSSR count). The molecule has 0 spiro atoms. The average molecular weight is 400 g/mol. The zero-order valence-electron chi connectivity index (χ0n) is 16.5. The van der Waals surface area contributed by atoms with Gasteiger partial charge in [0.2, 0.25) is 10.0 Å². The molecule has 152 valence electrons. The Labute approximate surface area is 161 Å². The largest absolute Gasteiger partial charge is 0.464 e. The fraction of sp³-hybridized carbons (Fsp3) is 0.667. The lowest BCUT2D eigenvalue weighted by Crippen LogP contribution is -2.46. The highest BCUT2D eigenvalue weighted by Crippen LogP contribution is 2.23. The Kier molecular flexibility index (Phi) is 7.05. The number of rotatable bonds is 7. The summed E-state index contributed by atoms with van der Waals surface area (Å²) in [6, 6.07) is 1.25. The zero-order valence-corrected chi connectivity index (χ0v) is 17.3. The summed E-state index contributed by atoms with van der Waals surface area (Å²) >= 11 is 0. The number of nitrogens with zero attached hydrogens (tertiary/aromatic N) is 3. The number of likely N-dealkylation sites (tertiary alicyclic amines) is 1. The Bertz CT molecular complexity index is 783. The molecule has 1 aromatic heterocycles. The summed E-state index contributed by atoms with van der Waals surface area (Å²) in [4.78, 5) is 26.0. The van der Waals surface area contributed by atoms with Crippen molar-refractivity contribution >= 4 is 21.9 Å². The summed E-state index contributed by atoms with van der Waals surface area (Å²) < 4.78 is 33.5. The molecule has 0 aromatic carbocycles. The normalized spacial score (nSPS) is 18.0. The van der Waals surface area contributed by atoms with E-state index in [1.807, 2.05) is 0 Å². The van der Waals surface area contributed by atoms with Crippen LogP contribution in [0.1, 0.15) is 50.5 Å². The number of piperidine rings is 1. The van der Waals surface area contributed by atoms with Crippen LogP contribution in [-0.4, -0.2) is 66.3 Å². The van der Waals surface area contributed by atoms with Gasteiger partial charge in [0.25, 0.3) is 5.91 Å². The molecule has 1 aromatic rings. The predicted octanol–water partition coefficient (Wildman–Crippen LogP) is 1.61. The molecule has 0 N–H and O–H groups in total. The smallest absolute Gasteiger partial charge is 0.302 e. The number of aromatic nitrogens is 1. The second-order valence-corrected chi connectivity index (χ2v) is 8.65. The van der Waals surface area contributed by atoms with Crippen LogP contribution in [0.2, 0.25) is 0 Å². The van der Waals surface area contributed by atoms with E-state index in [9.17, 15) is 18.0 Å². The van der Waals surface area contributed by atoms with E-state index in [0.29, 0.717) is 25.3 Å². The molecule has 0 bridgehead atoms. The fourth-order valence-corrected chi connectivity index (χ4v) is 4.93. The second kappa shape index (κ2) is 8.88. The van der Waals surface area contributed by atoms with Crippen molar-refractivity contribution in [2.45, 2.75) is 51.0 Å². The molecule has 9 heteroatoms. The van der Waals surface area contributed by atoms with Gasteiger partial charge < -0.3 is 14.2 Å². The van der Waals surface area contributed by atoms with Crippen LogP contribution in [-0.2, 0) is 26.6 Å². The summed E-state index contributed by atoms with van der Waals surface area (Å²) in [6.07, 6.45) is 4.07. The Morgan fingerprint density at radius 2 is 1.93 bits per heavy atom. The molecule has 2 heterocycles. The van der Waals surface area contributed by atoms with E-state index in [1.165, 1.54) is 23.5 Å². The first-order chi connectivity index (χ1) is 12.7. The maximum absolute atomic E-state index is 13.1. The quantitative estimate of drug-likeness (QED) is 0.650. The first kappa shape index (κ1) is 21.4. The van der Waals surface area contributed by atoms with Crippen LogP contribution in [0.5, 0.6) is 0 Å². The van der Waals surface area contributed by atoms with Crippen molar-refractivity contribution in [1.82, 2.24) is 13.8 Å². The summed E-state index contributed by atoms with van der Waals surface area (Å²) in [6.45, 7) is 6.37. The third-order valence-electron chi connectivity index (χ3n) is 4.91. The maximum atomic E-state index is 13.1. The van der Waals surface area contributed by atoms with Crippen LogP contribution in [0.15, 0.2) is 17.2 Å². The highest BCUT2D eigenvalue weighted by atomic mass is 32.2. The Balaban J connectivity index is 2.28. The molecule has 0 radical (unpaired) electrons. The van der Waals surface area contributed by atoms with Gasteiger partial charge in [0, 0.05) is 39.8 Å². The summed E-state index contributed by atoms with van der Waals surface area (Å²) in [5.41, 5.74) is 0.315. The van der Waals surface area contributed by atoms with Gasteiger partial charge in [-0.3, -0.25) is 9.59 Å². The van der Waals surface area contributed by atoms with Crippen LogP contribution < -0.4 is 0 Å². The van der Waals surface area contributed by atoms with Gasteiger partial charge in [-0.05, 0) is 25.3 Å². The van der Waals surface area contributed by atoms with Crippen molar-refractivity contribution in [3.05, 3.63) is 18.0 Å². The highest BCUT2D eigenvalue weighted by molar-refractivity contribution is 7.89. The number of hydrogen-bond donors (Lipinski definition) is 0. The van der Waals surface area contributed by atoms with Gasteiger partial charge in [-0.15, -0.1) is 0 Å². The molecule has 27 heavy (non-hydrogen) atoms. The summed E-state index contributed by atoms with van der Waals surface area (Å²) in [7, 11) is -1.96. The second-order valence-electron chi connectivity index (χ2n) is 6.71. The molecular weight excluding hydrogens is 370 g/mol. The van der Waals surface area contributed by atoms with Crippen LogP contribution in [0, 0.1) is 0 Å². The van der Waals surface area contributed by atoms with Crippen molar-refractivity contribution in [2.24, 2.45) is 7.05 Å². The maximum Gasteiger partial charge on any atom is 0.302 e. The third kappa shape index (κ3) is 4.70. The van der Waals surface area contributed by atoms with Gasteiger partial charge in [0.05, 0.1) is 6.04 Å². The molecule has 1 aliphatic heterocycles. The number of aryl methyl sites for hydroxylation is 1. The number of hydrogen-bond acceptors (Lipinski definition) is 5. The number of sulfonamides is 1. The Morgan fingerprint density at radius 1 is 1.26 bits per heavy atom. The molecule has 0 saturated carbocycles. The molecule has 1 fully saturated rings. The van der Waals surface area contributed by atoms with Gasteiger partial charge in [0.1, 0.15) is 17.2 Å². The lowest BCUT2D eigenvalue weighted by atomic mass is 10.0. The molecule has 0 unspecified atom stereocenters. The predicted molar refractivity (Wildman–Crippen MR) is 101 cm³/mol. The van der Waals surface area contributed by atoms with Crippen LogP contribution in [0.25, 0.3) is 0 Å². The minimum absolute atomic E-state index is 0.116. The zero-order chi connectivity index (χ0) is 20.2. The number of esters is 1. The van der Waals surface area contributed by atoms with Gasteiger partial charge in [-0.2, -0.15) is 4.31 Å². The number of carbonyl (C=O) groups is 2. The fourth-order valence-electron chi connectivity index (χ4n) is 3.40. The van der Waals surface area contributed by atoms with E-state index in [4.69, 9.17) is 4.74 Å². The average Bonchev–Trinajstić information content (AvgIpc) is 3.03. The lowest BCUT2D eigenvalue weighted by Gasteiger charge is -2.35. The van der Waals surface area contributed by atoms with E-state index in [1.54, 1.807) is 30.4 Å². The van der Waals surface area contributed by atoms with Crippen molar-refractivity contribution in [3.8, 4) is 0 Å². The van der Waals surface area contributed by atoms with Crippen LogP contribution >= 0.6 is 0 Å². The first-order valence-corrected chi connectivity index (χ1v) is 10.8. The standard InChI is InChI=1S/C18H29N3O5S/c1-5-20(6-2)27(24,25)16-11-17(19(4)12-16)18(23)21-10-8-7-9-15(21)13-26-14(3)22/h11-12,15H,5-10,13H2,1-4H3/t15-/m1/s1. The Hall–Kier alpha value is -1.87. The highest BCUT2D eigenvalue weighted by Gasteiger charge is 2.31. The molecule has 0 aliphatic carbocycles. The minimum atomic E-state index is -3.63. The van der Waals surface area contributed by atoms with Crippen molar-refractivity contribution < 1.29 is 22.7 Å². The van der Waals surface area contributed by atoms with E-state index in [0.717, 1.165) is 19.3 Å². The topological polar surface area (TPSA) is 88.9 Å². The molecule has 1 aliphatic rings. The molecule has 8 nitrogen and oxygen atoms in total. The van der Waals surface area contributed by atoms with Gasteiger partial charge in [0.15, 0.2) is 0 Å². The van der Waals surface area contributed by atoms with E-state index < -0.39 is 10.0 Å². The monoisotopic (exact) mass is 399 g/mol. The van der Waals surface area contributed by atoms with Crippen molar-refractivity contribution in [3.63, 3.8) is 0 Å². The number of carbonyl (C=O) groups excluding carboxylic acids is 2. The van der Waals surface area contributed by atoms with E-state index in [2.05, 4.69) is 0 Å². The van der Waals surface area contributed by atoms with Gasteiger partial charge in [-0.25, -0.2) is 8.42 Å². The minimum Gasteiger partial charge on any atom is -0.464 e. The molecule has 1 saturated heterocycles. The number of ether oxygens (including phenoxy) is 1. The van der Waals surface area contributed by atoms with Crippen molar-refractivity contribution in [1.29, 1.82) is 0 Å². The molecule has 1 atom stereocenters. The van der Waals surface area contributed by atoms with E-state index >= 15 is 0 Å².